The maximum absolute atomic E-state index is 10.3. The Morgan fingerprint density at radius 1 is 0.929 bits per heavy atom. The molecule has 0 fully saturated rings. The van der Waals surface area contributed by atoms with Crippen molar-refractivity contribution in [1.82, 2.24) is 0 Å². The summed E-state index contributed by atoms with van der Waals surface area (Å²) in [6.07, 6.45) is -2.29. The lowest BCUT2D eigenvalue weighted by Gasteiger charge is -2.18. The van der Waals surface area contributed by atoms with Gasteiger partial charge in [0, 0.05) is 7.43 Å². The van der Waals surface area contributed by atoms with Gasteiger partial charge in [-0.1, -0.05) is 0 Å². The van der Waals surface area contributed by atoms with Crippen LogP contribution in [0.4, 0.5) is 0 Å². The van der Waals surface area contributed by atoms with E-state index in [9.17, 15) is 14.4 Å². The molecule has 0 saturated heterocycles. The average molecular weight is 204 g/mol. The molecule has 0 spiro atoms. The first-order valence-electron chi connectivity index (χ1n) is 3.17. The predicted octanol–water partition coefficient (Wildman–Crippen LogP) is -1.17. The first-order valence-corrected chi connectivity index (χ1v) is 3.17. The Morgan fingerprint density at radius 3 is 1.36 bits per heavy atom. The molecule has 78 valence electrons. The minimum absolute atomic E-state index is 0. The molecule has 0 saturated carbocycles. The van der Waals surface area contributed by atoms with E-state index in [1.165, 1.54) is 0 Å². The number of aliphatic hydroxyl groups is 1. The zero-order valence-electron chi connectivity index (χ0n) is 6.93. The topological polar surface area (TPSA) is 132 Å². The van der Waals surface area contributed by atoms with Crippen LogP contribution in [0.3, 0.4) is 0 Å². The molecule has 7 nitrogen and oxygen atoms in total. The Bertz CT molecular complexity index is 228. The van der Waals surface area contributed by atoms with Crippen molar-refractivity contribution in [3.05, 3.63) is 7.43 Å². The summed E-state index contributed by atoms with van der Waals surface area (Å²) in [5, 5.41) is 33.8. The van der Waals surface area contributed by atoms with Gasteiger partial charge in [-0.2, -0.15) is 0 Å². The number of hydrogen-bond acceptors (Lipinski definition) is 4. The fraction of sp³-hybridized carbons (Fsp3) is 0.429. The molecule has 0 heterocycles. The van der Waals surface area contributed by atoms with Crippen LogP contribution in [0.25, 0.3) is 0 Å². The molecule has 0 aliphatic heterocycles. The van der Waals surface area contributed by atoms with Gasteiger partial charge in [0.15, 0.2) is 5.60 Å². The highest BCUT2D eigenvalue weighted by Crippen LogP contribution is 2.15. The van der Waals surface area contributed by atoms with Crippen LogP contribution >= 0.6 is 0 Å². The first-order chi connectivity index (χ1) is 5.78. The quantitative estimate of drug-likeness (QED) is 0.443. The lowest BCUT2D eigenvalue weighted by molar-refractivity contribution is -0.170. The molecule has 0 aromatic heterocycles. The molecule has 0 aromatic carbocycles. The Kier molecular flexibility index (Phi) is 5.50. The van der Waals surface area contributed by atoms with Crippen LogP contribution in [-0.2, 0) is 14.4 Å². The van der Waals surface area contributed by atoms with Gasteiger partial charge in [-0.15, -0.1) is 0 Å². The molecule has 0 amide bonds. The molecule has 0 aliphatic carbocycles. The smallest absolute Gasteiger partial charge is 0.336 e. The number of carboxylic acid groups (broad SMARTS) is 3. The van der Waals surface area contributed by atoms with E-state index in [0.717, 1.165) is 0 Å². The summed E-state index contributed by atoms with van der Waals surface area (Å²) < 4.78 is 0. The van der Waals surface area contributed by atoms with Crippen LogP contribution in [-0.4, -0.2) is 43.9 Å². The maximum atomic E-state index is 10.3. The molecular weight excluding hydrogens is 196 g/mol. The number of rotatable bonds is 5. The van der Waals surface area contributed by atoms with E-state index < -0.39 is 36.4 Å². The lowest BCUT2D eigenvalue weighted by atomic mass is 9.96. The molecule has 4 N–H and O–H groups in total. The van der Waals surface area contributed by atoms with Crippen molar-refractivity contribution in [1.29, 1.82) is 0 Å². The lowest BCUT2D eigenvalue weighted by Crippen LogP contribution is -2.42. The maximum Gasteiger partial charge on any atom is 0.336 e. The summed E-state index contributed by atoms with van der Waals surface area (Å²) in [7, 11) is 0. The SMILES string of the molecule is O=C(O)CC(O)(CC(=O)O)C(=O)O.[C]. The summed E-state index contributed by atoms with van der Waals surface area (Å²) in [6.45, 7) is 0. The number of carbonyl (C=O) groups is 3. The van der Waals surface area contributed by atoms with Crippen molar-refractivity contribution in [3.8, 4) is 0 Å². The van der Waals surface area contributed by atoms with Gasteiger partial charge in [0.1, 0.15) is 0 Å². The van der Waals surface area contributed by atoms with Gasteiger partial charge in [-0.3, -0.25) is 9.59 Å². The Balaban J connectivity index is 0. The van der Waals surface area contributed by atoms with Crippen LogP contribution in [0.15, 0.2) is 0 Å². The van der Waals surface area contributed by atoms with E-state index in [1.807, 2.05) is 0 Å². The molecule has 0 atom stereocenters. The summed E-state index contributed by atoms with van der Waals surface area (Å²) in [5.41, 5.74) is -2.74. The van der Waals surface area contributed by atoms with Crippen LogP contribution < -0.4 is 0 Å². The second-order valence-electron chi connectivity index (χ2n) is 2.48. The highest BCUT2D eigenvalue weighted by Gasteiger charge is 2.40. The molecule has 0 unspecified atom stereocenters. The van der Waals surface area contributed by atoms with Crippen LogP contribution in [0.2, 0.25) is 0 Å². The van der Waals surface area contributed by atoms with Gasteiger partial charge in [0.2, 0.25) is 0 Å². The molecule has 0 aliphatic rings. The first kappa shape index (κ1) is 14.9. The fourth-order valence-corrected chi connectivity index (χ4v) is 0.714. The molecule has 7 heteroatoms. The molecule has 14 heavy (non-hydrogen) atoms. The number of aliphatic carboxylic acids is 3. The standard InChI is InChI=1S/C6H8O7.C/c7-3(8)1-6(13,5(11)12)2-4(9)10;/h13H,1-2H2,(H,7,8)(H,9,10)(H,11,12);. The fourth-order valence-electron chi connectivity index (χ4n) is 0.714. The van der Waals surface area contributed by atoms with E-state index in [1.54, 1.807) is 0 Å². The van der Waals surface area contributed by atoms with Crippen molar-refractivity contribution >= 4 is 17.9 Å². The van der Waals surface area contributed by atoms with Crippen molar-refractivity contribution in [2.45, 2.75) is 18.4 Å². The predicted molar refractivity (Wildman–Crippen MR) is 40.3 cm³/mol. The largest absolute Gasteiger partial charge is 0.481 e. The Hall–Kier alpha value is -1.63. The number of carboxylic acids is 3. The zero-order chi connectivity index (χ0) is 10.6. The van der Waals surface area contributed by atoms with Gasteiger partial charge in [0.05, 0.1) is 12.8 Å². The molecule has 0 rings (SSSR count). The van der Waals surface area contributed by atoms with E-state index in [-0.39, 0.29) is 7.43 Å². The molecule has 4 radical (unpaired) electrons. The number of hydrogen-bond donors (Lipinski definition) is 4. The van der Waals surface area contributed by atoms with Gasteiger partial charge in [-0.05, 0) is 0 Å². The van der Waals surface area contributed by atoms with Crippen LogP contribution in [0.1, 0.15) is 12.8 Å². The summed E-state index contributed by atoms with van der Waals surface area (Å²) in [4.78, 5) is 30.5. The van der Waals surface area contributed by atoms with Crippen molar-refractivity contribution in [2.75, 3.05) is 0 Å². The van der Waals surface area contributed by atoms with Crippen molar-refractivity contribution in [3.63, 3.8) is 0 Å². The molecule has 0 aromatic rings. The Labute approximate surface area is 79.6 Å². The summed E-state index contributed by atoms with van der Waals surface area (Å²) in [5.74, 6) is -5.02. The van der Waals surface area contributed by atoms with Crippen LogP contribution in [0, 0.1) is 7.43 Å². The third-order valence-corrected chi connectivity index (χ3v) is 1.29. The van der Waals surface area contributed by atoms with Crippen molar-refractivity contribution < 1.29 is 34.8 Å². The summed E-state index contributed by atoms with van der Waals surface area (Å²) >= 11 is 0. The van der Waals surface area contributed by atoms with E-state index in [2.05, 4.69) is 0 Å². The second kappa shape index (κ2) is 5.18. The third-order valence-electron chi connectivity index (χ3n) is 1.29. The average Bonchev–Trinajstić information content (AvgIpc) is 1.82. The van der Waals surface area contributed by atoms with Gasteiger partial charge >= 0.3 is 17.9 Å². The van der Waals surface area contributed by atoms with E-state index in [4.69, 9.17) is 20.4 Å². The molecular formula is C7H8O7. The van der Waals surface area contributed by atoms with Crippen molar-refractivity contribution in [2.24, 2.45) is 0 Å². The summed E-state index contributed by atoms with van der Waals surface area (Å²) in [6, 6.07) is 0. The monoisotopic (exact) mass is 204 g/mol. The normalized spacial score (nSPS) is 10.1. The van der Waals surface area contributed by atoms with Gasteiger partial charge in [0.25, 0.3) is 0 Å². The third kappa shape index (κ3) is 4.41. The highest BCUT2D eigenvalue weighted by molar-refractivity contribution is 5.88. The van der Waals surface area contributed by atoms with Crippen LogP contribution in [0.5, 0.6) is 0 Å². The second-order valence-corrected chi connectivity index (χ2v) is 2.48. The highest BCUT2D eigenvalue weighted by atomic mass is 16.4. The van der Waals surface area contributed by atoms with E-state index >= 15 is 0 Å². The molecule has 0 bridgehead atoms. The minimum atomic E-state index is -2.74. The van der Waals surface area contributed by atoms with Gasteiger partial charge < -0.3 is 20.4 Å². The minimum Gasteiger partial charge on any atom is -0.481 e. The van der Waals surface area contributed by atoms with E-state index in [0.29, 0.717) is 0 Å². The Morgan fingerprint density at radius 2 is 1.21 bits per heavy atom. The van der Waals surface area contributed by atoms with Gasteiger partial charge in [-0.25, -0.2) is 4.79 Å². The zero-order valence-corrected chi connectivity index (χ0v) is 6.93.